The van der Waals surface area contributed by atoms with E-state index in [9.17, 15) is 9.18 Å². The van der Waals surface area contributed by atoms with Gasteiger partial charge >= 0.3 is 0 Å². The normalized spacial score (nSPS) is 16.9. The van der Waals surface area contributed by atoms with Crippen molar-refractivity contribution in [3.05, 3.63) is 0 Å². The minimum absolute atomic E-state index is 0. The number of carbonyl (C=O) groups is 1. The summed E-state index contributed by atoms with van der Waals surface area (Å²) in [6, 6.07) is 0.634. The number of alkyl halides is 1. The van der Waals surface area contributed by atoms with Crippen molar-refractivity contribution < 1.29 is 10.6 Å². The molecule has 108 valence electrons. The second-order valence-electron chi connectivity index (χ2n) is 3.96. The Labute approximate surface area is 113 Å². The molecule has 1 aliphatic heterocycles. The molecule has 1 rings (SSSR count). The molecule has 0 aliphatic carbocycles. The zero-order valence-electron chi connectivity index (χ0n) is 12.5. The van der Waals surface area contributed by atoms with Crippen molar-refractivity contribution in [3.63, 3.8) is 0 Å². The number of likely N-dealkylation sites (tertiary alicyclic amines) is 1. The van der Waals surface area contributed by atoms with Gasteiger partial charge in [-0.25, -0.2) is 4.39 Å². The Morgan fingerprint density at radius 3 is 2.28 bits per heavy atom. The number of nitrogens with one attached hydrogen (secondary N) is 1. The lowest BCUT2D eigenvalue weighted by Crippen LogP contribution is -2.27. The monoisotopic (exact) mass is 260 g/mol. The number of hydrogen-bond acceptors (Lipinski definition) is 2. The summed E-state index contributed by atoms with van der Waals surface area (Å²) in [6.07, 6.45) is -0.394. The predicted molar refractivity (Wildman–Crippen MR) is 77.2 cm³/mol. The van der Waals surface area contributed by atoms with Gasteiger partial charge in [0.25, 0.3) is 5.91 Å². The molecule has 0 spiro atoms. The Hall–Kier alpha value is -1.08. The molecule has 1 heterocycles. The van der Waals surface area contributed by atoms with E-state index in [0.29, 0.717) is 19.0 Å². The molecule has 0 bridgehead atoms. The second kappa shape index (κ2) is 12.4. The molecular weight excluding hydrogens is 231 g/mol. The first-order valence-electron chi connectivity index (χ1n) is 6.54. The van der Waals surface area contributed by atoms with Crippen molar-refractivity contribution in [2.75, 3.05) is 20.1 Å². The summed E-state index contributed by atoms with van der Waals surface area (Å²) in [5, 5.41) is 3.03. The largest absolute Gasteiger partial charge is 0.329 e. The molecule has 0 aromatic rings. The molecule has 1 fully saturated rings. The molecule has 18 heavy (non-hydrogen) atoms. The van der Waals surface area contributed by atoms with Crippen molar-refractivity contribution in [3.8, 4) is 11.8 Å². The maximum atomic E-state index is 12.5. The molecule has 3 nitrogen and oxygen atoms in total. The molecule has 4 heteroatoms. The summed E-state index contributed by atoms with van der Waals surface area (Å²) in [4.78, 5) is 12.4. The first-order chi connectivity index (χ1) is 8.51. The van der Waals surface area contributed by atoms with Crippen LogP contribution in [0.25, 0.3) is 0 Å². The molecule has 1 amide bonds. The van der Waals surface area contributed by atoms with Crippen LogP contribution in [0.4, 0.5) is 4.39 Å². The van der Waals surface area contributed by atoms with Gasteiger partial charge in [-0.15, -0.1) is 0 Å². The topological polar surface area (TPSA) is 32.3 Å². The zero-order chi connectivity index (χ0) is 14.6. The smallest absolute Gasteiger partial charge is 0.298 e. The fourth-order valence-electron chi connectivity index (χ4n) is 1.09. The zero-order valence-corrected chi connectivity index (χ0v) is 12.5. The van der Waals surface area contributed by atoms with Crippen LogP contribution in [0.3, 0.4) is 0 Å². The molecule has 1 atom stereocenters. The van der Waals surface area contributed by atoms with E-state index in [-0.39, 0.29) is 13.9 Å². The van der Waals surface area contributed by atoms with Crippen LogP contribution in [0.5, 0.6) is 0 Å². The van der Waals surface area contributed by atoms with Crippen LogP contribution in [-0.4, -0.2) is 43.2 Å². The number of halogens is 1. The number of carbonyl (C=O) groups excluding carboxylic acids is 1. The highest BCUT2D eigenvalue weighted by atomic mass is 19.1. The highest BCUT2D eigenvalue weighted by Crippen LogP contribution is 2.11. The standard InChI is InChI=1S/C8H10FNO.C4H11N.C2H6.H2/c1-2-3-8(11)10-5-4-7(9)6-10;1-4(2)5-3;1-2;/h7H,4-6H2,1H3;4-5H,1-3H3;1-2H3;1H/t7-;;;/m0.../s1. The summed E-state index contributed by atoms with van der Waals surface area (Å²) in [5.74, 6) is 4.62. The van der Waals surface area contributed by atoms with Gasteiger partial charge in [-0.1, -0.05) is 33.6 Å². The van der Waals surface area contributed by atoms with Gasteiger partial charge in [-0.05, 0) is 26.3 Å². The SMILES string of the molecule is CC.CC#CC(=O)N1CC[C@H](F)C1.CNC(C)C.[HH]. The van der Waals surface area contributed by atoms with Crippen molar-refractivity contribution >= 4 is 5.91 Å². The van der Waals surface area contributed by atoms with E-state index < -0.39 is 6.17 Å². The average Bonchev–Trinajstić information content (AvgIpc) is 2.79. The number of amides is 1. The van der Waals surface area contributed by atoms with Crippen molar-refractivity contribution in [2.24, 2.45) is 0 Å². The van der Waals surface area contributed by atoms with E-state index in [0.717, 1.165) is 0 Å². The highest BCUT2D eigenvalue weighted by molar-refractivity contribution is 5.93. The third-order valence-electron chi connectivity index (χ3n) is 2.23. The summed E-state index contributed by atoms with van der Waals surface area (Å²) in [5.41, 5.74) is 0. The van der Waals surface area contributed by atoms with E-state index >= 15 is 0 Å². The van der Waals surface area contributed by atoms with Crippen LogP contribution in [0, 0.1) is 11.8 Å². The van der Waals surface area contributed by atoms with Gasteiger partial charge in [0.05, 0.1) is 6.54 Å². The van der Waals surface area contributed by atoms with Gasteiger partial charge in [0.1, 0.15) is 6.17 Å². The third kappa shape index (κ3) is 10.1. The van der Waals surface area contributed by atoms with Crippen molar-refractivity contribution in [1.29, 1.82) is 0 Å². The third-order valence-corrected chi connectivity index (χ3v) is 2.23. The van der Waals surface area contributed by atoms with Crippen LogP contribution >= 0.6 is 0 Å². The molecule has 1 aliphatic rings. The van der Waals surface area contributed by atoms with Gasteiger partial charge < -0.3 is 10.2 Å². The summed E-state index contributed by atoms with van der Waals surface area (Å²) < 4.78 is 12.5. The number of rotatable bonds is 1. The summed E-state index contributed by atoms with van der Waals surface area (Å²) >= 11 is 0. The minimum atomic E-state index is -0.849. The predicted octanol–water partition coefficient (Wildman–Crippen LogP) is 2.47. The minimum Gasteiger partial charge on any atom is -0.329 e. The Morgan fingerprint density at radius 1 is 1.50 bits per heavy atom. The second-order valence-corrected chi connectivity index (χ2v) is 3.96. The van der Waals surface area contributed by atoms with Gasteiger partial charge in [0, 0.05) is 14.0 Å². The lowest BCUT2D eigenvalue weighted by molar-refractivity contribution is -0.124. The maximum Gasteiger partial charge on any atom is 0.298 e. The molecule has 0 aromatic carbocycles. The highest BCUT2D eigenvalue weighted by Gasteiger charge is 2.24. The summed E-state index contributed by atoms with van der Waals surface area (Å²) in [7, 11) is 1.95. The van der Waals surface area contributed by atoms with Crippen molar-refractivity contribution in [1.82, 2.24) is 10.2 Å². The Balaban J connectivity index is -0.000000275. The Morgan fingerprint density at radius 2 is 2.00 bits per heavy atom. The maximum absolute atomic E-state index is 12.5. The van der Waals surface area contributed by atoms with Crippen molar-refractivity contribution in [2.45, 2.75) is 53.3 Å². The molecular formula is C14H29FN2O. The lowest BCUT2D eigenvalue weighted by Gasteiger charge is -2.09. The number of nitrogens with zero attached hydrogens (tertiary/aromatic N) is 1. The van der Waals surface area contributed by atoms with Gasteiger partial charge in [-0.3, -0.25) is 4.79 Å². The number of hydrogen-bond donors (Lipinski definition) is 1. The fraction of sp³-hybridized carbons (Fsp3) is 0.786. The van der Waals surface area contributed by atoms with Crippen LogP contribution in [0.15, 0.2) is 0 Å². The lowest BCUT2D eigenvalue weighted by atomic mass is 10.3. The van der Waals surface area contributed by atoms with Crippen LogP contribution in [0.1, 0.15) is 42.5 Å². The van der Waals surface area contributed by atoms with Gasteiger partial charge in [0.15, 0.2) is 0 Å². The molecule has 1 N–H and O–H groups in total. The quantitative estimate of drug-likeness (QED) is 0.735. The van der Waals surface area contributed by atoms with Crippen LogP contribution in [0.2, 0.25) is 0 Å². The average molecular weight is 260 g/mol. The first kappa shape index (κ1) is 19.3. The van der Waals surface area contributed by atoms with E-state index in [4.69, 9.17) is 0 Å². The molecule has 0 unspecified atom stereocenters. The molecule has 0 saturated carbocycles. The molecule has 0 radical (unpaired) electrons. The fourth-order valence-corrected chi connectivity index (χ4v) is 1.09. The van der Waals surface area contributed by atoms with E-state index in [2.05, 4.69) is 31.0 Å². The molecule has 0 aromatic heterocycles. The van der Waals surface area contributed by atoms with E-state index in [1.807, 2.05) is 20.9 Å². The van der Waals surface area contributed by atoms with Gasteiger partial charge in [-0.2, -0.15) is 0 Å². The summed E-state index contributed by atoms with van der Waals surface area (Å²) in [6.45, 7) is 10.5. The van der Waals surface area contributed by atoms with E-state index in [1.165, 1.54) is 4.90 Å². The van der Waals surface area contributed by atoms with Crippen LogP contribution < -0.4 is 5.32 Å². The van der Waals surface area contributed by atoms with Crippen LogP contribution in [-0.2, 0) is 4.79 Å². The molecule has 1 saturated heterocycles. The van der Waals surface area contributed by atoms with Gasteiger partial charge in [0.2, 0.25) is 0 Å². The van der Waals surface area contributed by atoms with E-state index in [1.54, 1.807) is 6.92 Å². The Kier molecular flexibility index (Phi) is 13.2. The first-order valence-corrected chi connectivity index (χ1v) is 6.54. The Bertz CT molecular complexity index is 274.